The Bertz CT molecular complexity index is 740. The summed E-state index contributed by atoms with van der Waals surface area (Å²) in [5, 5.41) is 4.37. The van der Waals surface area contributed by atoms with Gasteiger partial charge < -0.3 is 5.32 Å². The van der Waals surface area contributed by atoms with Crippen molar-refractivity contribution in [2.24, 2.45) is 5.92 Å². The van der Waals surface area contributed by atoms with Crippen LogP contribution in [-0.4, -0.2) is 11.7 Å². The third-order valence-electron chi connectivity index (χ3n) is 3.48. The average molecular weight is 337 g/mol. The number of halogens is 2. The Balaban J connectivity index is 2.25. The summed E-state index contributed by atoms with van der Waals surface area (Å²) in [6.45, 7) is 5.10. The number of hydrogen-bond acceptors (Lipinski definition) is 3. The molecule has 0 saturated carbocycles. The molecule has 1 amide bonds. The molecule has 2 rings (SSSR count). The minimum absolute atomic E-state index is 0.0915. The number of rotatable bonds is 5. The van der Waals surface area contributed by atoms with Gasteiger partial charge in [0.25, 0.3) is 5.91 Å². The van der Waals surface area contributed by atoms with Crippen LogP contribution in [0.4, 0.5) is 8.78 Å². The first-order valence-corrected chi connectivity index (χ1v) is 8.03. The Hall–Kier alpha value is -2.08. The Morgan fingerprint density at radius 3 is 2.39 bits per heavy atom. The van der Waals surface area contributed by atoms with Crippen LogP contribution >= 0.6 is 11.3 Å². The van der Waals surface area contributed by atoms with Gasteiger partial charge in [0.05, 0.1) is 10.9 Å². The molecule has 2 aromatic rings. The Morgan fingerprint density at radius 1 is 1.17 bits per heavy atom. The van der Waals surface area contributed by atoms with E-state index < -0.39 is 17.7 Å². The lowest BCUT2D eigenvalue weighted by atomic mass is 9.95. The Labute approximate surface area is 137 Å². The lowest BCUT2D eigenvalue weighted by molar-refractivity contribution is 0.0929. The highest BCUT2D eigenvalue weighted by atomic mass is 32.1. The van der Waals surface area contributed by atoms with Gasteiger partial charge in [-0.3, -0.25) is 9.59 Å². The van der Waals surface area contributed by atoms with Crippen LogP contribution in [-0.2, 0) is 0 Å². The van der Waals surface area contributed by atoms with Gasteiger partial charge in [-0.25, -0.2) is 8.78 Å². The molecule has 0 aliphatic heterocycles. The van der Waals surface area contributed by atoms with Crippen LogP contribution in [0.25, 0.3) is 0 Å². The van der Waals surface area contributed by atoms with Gasteiger partial charge in [0, 0.05) is 22.6 Å². The quantitative estimate of drug-likeness (QED) is 0.824. The summed E-state index contributed by atoms with van der Waals surface area (Å²) in [6, 6.07) is 4.23. The van der Waals surface area contributed by atoms with Crippen LogP contribution in [0.5, 0.6) is 0 Å². The van der Waals surface area contributed by atoms with E-state index in [1.807, 2.05) is 13.8 Å². The van der Waals surface area contributed by atoms with E-state index in [1.54, 1.807) is 5.38 Å². The predicted molar refractivity (Wildman–Crippen MR) is 85.7 cm³/mol. The number of amides is 1. The van der Waals surface area contributed by atoms with Crippen molar-refractivity contribution in [3.8, 4) is 0 Å². The third kappa shape index (κ3) is 4.01. The van der Waals surface area contributed by atoms with E-state index in [1.165, 1.54) is 25.1 Å². The highest BCUT2D eigenvalue weighted by molar-refractivity contribution is 7.12. The number of Topliss-reactive ketones (excluding diaryl/α,β-unsaturated/α-hetero) is 1. The van der Waals surface area contributed by atoms with E-state index in [2.05, 4.69) is 5.32 Å². The molecular weight excluding hydrogens is 320 g/mol. The van der Waals surface area contributed by atoms with Crippen LogP contribution < -0.4 is 5.32 Å². The summed E-state index contributed by atoms with van der Waals surface area (Å²) >= 11 is 1.15. The van der Waals surface area contributed by atoms with Gasteiger partial charge in [-0.2, -0.15) is 0 Å². The second-order valence-electron chi connectivity index (χ2n) is 5.62. The van der Waals surface area contributed by atoms with Crippen molar-refractivity contribution in [1.82, 2.24) is 5.32 Å². The number of hydrogen-bond donors (Lipinski definition) is 1. The van der Waals surface area contributed by atoms with Gasteiger partial charge in [-0.05, 0) is 25.0 Å². The number of nitrogens with one attached hydrogen (secondary N) is 1. The molecule has 6 heteroatoms. The van der Waals surface area contributed by atoms with E-state index in [0.717, 1.165) is 17.4 Å². The van der Waals surface area contributed by atoms with Crippen molar-refractivity contribution in [2.75, 3.05) is 0 Å². The minimum atomic E-state index is -0.695. The van der Waals surface area contributed by atoms with Crippen LogP contribution in [0.15, 0.2) is 29.6 Å². The number of carbonyl (C=O) groups is 2. The first-order valence-electron chi connectivity index (χ1n) is 7.15. The zero-order valence-corrected chi connectivity index (χ0v) is 13.8. The maximum atomic E-state index is 14.0. The van der Waals surface area contributed by atoms with Gasteiger partial charge >= 0.3 is 0 Å². The fraction of sp³-hybridized carbons (Fsp3) is 0.294. The molecule has 0 spiro atoms. The van der Waals surface area contributed by atoms with E-state index in [0.29, 0.717) is 10.4 Å². The van der Waals surface area contributed by atoms with Crippen molar-refractivity contribution < 1.29 is 18.4 Å². The molecule has 1 N–H and O–H groups in total. The van der Waals surface area contributed by atoms with Crippen LogP contribution in [0.3, 0.4) is 0 Å². The smallest absolute Gasteiger partial charge is 0.261 e. The Kier molecular flexibility index (Phi) is 5.26. The summed E-state index contributed by atoms with van der Waals surface area (Å²) in [4.78, 5) is 24.0. The summed E-state index contributed by atoms with van der Waals surface area (Å²) in [7, 11) is 0. The molecule has 0 fully saturated rings. The molecule has 0 aliphatic carbocycles. The van der Waals surface area contributed by atoms with Gasteiger partial charge in [0.2, 0.25) is 0 Å². The largest absolute Gasteiger partial charge is 0.344 e. The van der Waals surface area contributed by atoms with E-state index in [4.69, 9.17) is 0 Å². The van der Waals surface area contributed by atoms with E-state index in [9.17, 15) is 18.4 Å². The first kappa shape index (κ1) is 17.3. The highest BCUT2D eigenvalue weighted by Crippen LogP contribution is 2.26. The second-order valence-corrected chi connectivity index (χ2v) is 6.53. The molecule has 0 saturated heterocycles. The third-order valence-corrected chi connectivity index (χ3v) is 4.41. The molecule has 0 radical (unpaired) electrons. The van der Waals surface area contributed by atoms with Gasteiger partial charge in [-0.1, -0.05) is 19.9 Å². The zero-order chi connectivity index (χ0) is 17.1. The lowest BCUT2D eigenvalue weighted by Gasteiger charge is -2.23. The molecule has 1 aromatic heterocycles. The van der Waals surface area contributed by atoms with Crippen LogP contribution in [0.2, 0.25) is 0 Å². The van der Waals surface area contributed by atoms with Gasteiger partial charge in [0.15, 0.2) is 5.78 Å². The van der Waals surface area contributed by atoms with Crippen molar-refractivity contribution in [2.45, 2.75) is 26.8 Å². The standard InChI is InChI=1S/C17H17F2NO2S/c1-9(2)16(13-5-4-12(18)7-14(13)19)20-17(22)15-6-11(8-23-15)10(3)21/h4-9,16H,1-3H3,(H,20,22)/t16-/m0/s1. The monoisotopic (exact) mass is 337 g/mol. The van der Waals surface area contributed by atoms with E-state index in [-0.39, 0.29) is 23.2 Å². The molecule has 0 unspecified atom stereocenters. The maximum absolute atomic E-state index is 14.0. The molecular formula is C17H17F2NO2S. The lowest BCUT2D eigenvalue weighted by Crippen LogP contribution is -2.32. The van der Waals surface area contributed by atoms with E-state index >= 15 is 0 Å². The fourth-order valence-electron chi connectivity index (χ4n) is 2.21. The van der Waals surface area contributed by atoms with Crippen molar-refractivity contribution in [3.63, 3.8) is 0 Å². The summed E-state index contributed by atoms with van der Waals surface area (Å²) in [6.07, 6.45) is 0. The topological polar surface area (TPSA) is 46.2 Å². The number of thiophene rings is 1. The molecule has 1 aromatic carbocycles. The van der Waals surface area contributed by atoms with Crippen molar-refractivity contribution in [1.29, 1.82) is 0 Å². The second kappa shape index (κ2) is 7.00. The Morgan fingerprint density at radius 2 is 1.87 bits per heavy atom. The van der Waals surface area contributed by atoms with Gasteiger partial charge in [-0.15, -0.1) is 11.3 Å². The van der Waals surface area contributed by atoms with Crippen LogP contribution in [0, 0.1) is 17.6 Å². The molecule has 0 bridgehead atoms. The number of benzene rings is 1. The van der Waals surface area contributed by atoms with Crippen LogP contribution in [0.1, 0.15) is 52.4 Å². The molecule has 23 heavy (non-hydrogen) atoms. The average Bonchev–Trinajstić information content (AvgIpc) is 2.95. The molecule has 0 aliphatic rings. The molecule has 122 valence electrons. The van der Waals surface area contributed by atoms with Crippen molar-refractivity contribution >= 4 is 23.0 Å². The first-order chi connectivity index (χ1) is 10.8. The normalized spacial score (nSPS) is 12.3. The predicted octanol–water partition coefficient (Wildman–Crippen LogP) is 4.36. The highest BCUT2D eigenvalue weighted by Gasteiger charge is 2.23. The summed E-state index contributed by atoms with van der Waals surface area (Å²) in [5.74, 6) is -1.95. The summed E-state index contributed by atoms with van der Waals surface area (Å²) in [5.41, 5.74) is 0.701. The molecule has 1 heterocycles. The van der Waals surface area contributed by atoms with Crippen molar-refractivity contribution in [3.05, 3.63) is 57.3 Å². The SMILES string of the molecule is CC(=O)c1csc(C(=O)N[C@H](c2ccc(F)cc2F)C(C)C)c1. The summed E-state index contributed by atoms with van der Waals surface area (Å²) < 4.78 is 27.1. The zero-order valence-electron chi connectivity index (χ0n) is 13.0. The minimum Gasteiger partial charge on any atom is -0.344 e. The number of carbonyl (C=O) groups excluding carboxylic acids is 2. The number of ketones is 1. The van der Waals surface area contributed by atoms with Gasteiger partial charge in [0.1, 0.15) is 11.6 Å². The molecule has 3 nitrogen and oxygen atoms in total. The molecule has 1 atom stereocenters. The maximum Gasteiger partial charge on any atom is 0.261 e. The fourth-order valence-corrected chi connectivity index (χ4v) is 3.06.